The van der Waals surface area contributed by atoms with Crippen molar-refractivity contribution in [2.45, 2.75) is 58.2 Å². The average molecular weight is 398 g/mol. The van der Waals surface area contributed by atoms with Gasteiger partial charge in [0.15, 0.2) is 0 Å². The van der Waals surface area contributed by atoms with Crippen LogP contribution in [-0.2, 0) is 11.3 Å². The average Bonchev–Trinajstić information content (AvgIpc) is 3.20. The molecule has 1 saturated carbocycles. The van der Waals surface area contributed by atoms with Gasteiger partial charge in [-0.1, -0.05) is 18.0 Å². The van der Waals surface area contributed by atoms with E-state index in [1.54, 1.807) is 12.0 Å². The third-order valence-electron chi connectivity index (χ3n) is 5.77. The van der Waals surface area contributed by atoms with Gasteiger partial charge >= 0.3 is 6.03 Å². The zero-order chi connectivity index (χ0) is 20.5. The van der Waals surface area contributed by atoms with Crippen LogP contribution in [0.5, 0.6) is 5.75 Å². The Morgan fingerprint density at radius 2 is 1.90 bits per heavy atom. The fourth-order valence-electron chi connectivity index (χ4n) is 4.31. The molecule has 3 amide bonds. The Kier molecular flexibility index (Phi) is 5.25. The maximum atomic E-state index is 13.1. The van der Waals surface area contributed by atoms with Crippen LogP contribution in [0.3, 0.4) is 0 Å². The molecular weight excluding hydrogens is 372 g/mol. The summed E-state index contributed by atoms with van der Waals surface area (Å²) in [5, 5.41) is 4.06. The summed E-state index contributed by atoms with van der Waals surface area (Å²) in [6.07, 6.45) is 3.68. The van der Waals surface area contributed by atoms with E-state index >= 15 is 0 Å². The topological polar surface area (TPSA) is 88.8 Å². The Morgan fingerprint density at radius 1 is 1.17 bits per heavy atom. The summed E-state index contributed by atoms with van der Waals surface area (Å²) < 4.78 is 10.6. The first-order valence-corrected chi connectivity index (χ1v) is 10.1. The van der Waals surface area contributed by atoms with Crippen LogP contribution in [0.2, 0.25) is 0 Å². The maximum Gasteiger partial charge on any atom is 0.327 e. The van der Waals surface area contributed by atoms with E-state index in [-0.39, 0.29) is 36.5 Å². The predicted molar refractivity (Wildman–Crippen MR) is 105 cm³/mol. The predicted octanol–water partition coefficient (Wildman–Crippen LogP) is 3.48. The van der Waals surface area contributed by atoms with Crippen molar-refractivity contribution in [3.8, 4) is 17.1 Å². The van der Waals surface area contributed by atoms with E-state index < -0.39 is 0 Å². The third-order valence-corrected chi connectivity index (χ3v) is 5.77. The second-order valence-corrected chi connectivity index (χ2v) is 7.91. The lowest BCUT2D eigenvalue weighted by atomic mass is 9.81. The highest BCUT2D eigenvalue weighted by Crippen LogP contribution is 2.36. The number of urea groups is 1. The molecule has 2 atom stereocenters. The Balaban J connectivity index is 1.57. The van der Waals surface area contributed by atoms with Gasteiger partial charge in [-0.15, -0.1) is 0 Å². The van der Waals surface area contributed by atoms with Crippen LogP contribution in [0.15, 0.2) is 28.8 Å². The second kappa shape index (κ2) is 7.85. The number of rotatable bonds is 5. The highest BCUT2D eigenvalue weighted by Gasteiger charge is 2.48. The first kappa shape index (κ1) is 19.4. The third kappa shape index (κ3) is 3.59. The number of amides is 3. The van der Waals surface area contributed by atoms with Gasteiger partial charge in [-0.3, -0.25) is 9.69 Å². The molecule has 0 radical (unpaired) electrons. The molecule has 8 heteroatoms. The number of aromatic nitrogens is 2. The van der Waals surface area contributed by atoms with Gasteiger partial charge in [0.2, 0.25) is 17.6 Å². The standard InChI is InChI=1S/C21H26N4O4/c1-13(2)25-20(26)16-6-4-5-7-17(16)24(21(25)27)12-18-22-19(23-29-18)14-8-10-15(28-3)11-9-14/h8-11,13,16-17H,4-7,12H2,1-3H3. The van der Waals surface area contributed by atoms with Crippen molar-refractivity contribution in [2.24, 2.45) is 5.92 Å². The molecule has 4 rings (SSSR count). The van der Waals surface area contributed by atoms with E-state index in [0.29, 0.717) is 11.7 Å². The molecule has 1 aliphatic carbocycles. The number of nitrogens with zero attached hydrogens (tertiary/aromatic N) is 4. The zero-order valence-corrected chi connectivity index (χ0v) is 17.0. The van der Waals surface area contributed by atoms with E-state index in [1.807, 2.05) is 38.1 Å². The van der Waals surface area contributed by atoms with Gasteiger partial charge in [-0.05, 0) is 51.0 Å². The van der Waals surface area contributed by atoms with Gasteiger partial charge in [-0.25, -0.2) is 4.79 Å². The van der Waals surface area contributed by atoms with E-state index in [2.05, 4.69) is 10.1 Å². The van der Waals surface area contributed by atoms with Gasteiger partial charge in [0, 0.05) is 17.6 Å². The van der Waals surface area contributed by atoms with Crippen LogP contribution in [0.25, 0.3) is 11.4 Å². The minimum Gasteiger partial charge on any atom is -0.497 e. The number of ether oxygens (including phenoxy) is 1. The van der Waals surface area contributed by atoms with Gasteiger partial charge in [-0.2, -0.15) is 4.98 Å². The lowest BCUT2D eigenvalue weighted by Gasteiger charge is -2.47. The Labute approximate surface area is 169 Å². The van der Waals surface area contributed by atoms with Crippen LogP contribution >= 0.6 is 0 Å². The van der Waals surface area contributed by atoms with Crippen LogP contribution in [0, 0.1) is 5.92 Å². The van der Waals surface area contributed by atoms with Gasteiger partial charge in [0.05, 0.1) is 13.0 Å². The molecule has 2 fully saturated rings. The number of fused-ring (bicyclic) bond motifs is 1. The molecule has 2 heterocycles. The molecule has 0 N–H and O–H groups in total. The number of carbonyl (C=O) groups excluding carboxylic acids is 2. The molecule has 29 heavy (non-hydrogen) atoms. The summed E-state index contributed by atoms with van der Waals surface area (Å²) >= 11 is 0. The van der Waals surface area contributed by atoms with Crippen LogP contribution in [0.1, 0.15) is 45.4 Å². The molecule has 2 unspecified atom stereocenters. The molecule has 0 spiro atoms. The summed E-state index contributed by atoms with van der Waals surface area (Å²) in [5.41, 5.74) is 0.806. The normalized spacial score (nSPS) is 22.2. The number of carbonyl (C=O) groups is 2. The summed E-state index contributed by atoms with van der Waals surface area (Å²) in [4.78, 5) is 33.6. The van der Waals surface area contributed by atoms with Crippen LogP contribution in [0.4, 0.5) is 4.79 Å². The van der Waals surface area contributed by atoms with E-state index in [1.165, 1.54) is 4.90 Å². The van der Waals surface area contributed by atoms with E-state index in [9.17, 15) is 9.59 Å². The monoisotopic (exact) mass is 398 g/mol. The van der Waals surface area contributed by atoms with Gasteiger partial charge in [0.25, 0.3) is 0 Å². The largest absolute Gasteiger partial charge is 0.497 e. The summed E-state index contributed by atoms with van der Waals surface area (Å²) in [5.74, 6) is 1.39. The molecule has 1 saturated heterocycles. The highest BCUT2D eigenvalue weighted by atomic mass is 16.5. The maximum absolute atomic E-state index is 13.1. The molecule has 1 aliphatic heterocycles. The van der Waals surface area contributed by atoms with Crippen molar-refractivity contribution in [1.82, 2.24) is 19.9 Å². The van der Waals surface area contributed by atoms with Crippen molar-refractivity contribution < 1.29 is 18.8 Å². The SMILES string of the molecule is COc1ccc(-c2noc(CN3C(=O)N(C(C)C)C(=O)C4CCCCC43)n2)cc1. The van der Waals surface area contributed by atoms with Crippen LogP contribution < -0.4 is 4.74 Å². The minimum absolute atomic E-state index is 0.0459. The smallest absolute Gasteiger partial charge is 0.327 e. The molecular formula is C21H26N4O4. The van der Waals surface area contributed by atoms with Gasteiger partial charge in [0.1, 0.15) is 12.3 Å². The fourth-order valence-corrected chi connectivity index (χ4v) is 4.31. The highest BCUT2D eigenvalue weighted by molar-refractivity contribution is 5.99. The van der Waals surface area contributed by atoms with Crippen molar-refractivity contribution in [1.29, 1.82) is 0 Å². The molecule has 2 aromatic rings. The fraction of sp³-hybridized carbons (Fsp3) is 0.524. The van der Waals surface area contributed by atoms with Crippen molar-refractivity contribution in [3.63, 3.8) is 0 Å². The Morgan fingerprint density at radius 3 is 2.59 bits per heavy atom. The molecule has 154 valence electrons. The summed E-state index contributed by atoms with van der Waals surface area (Å²) in [6, 6.07) is 6.83. The second-order valence-electron chi connectivity index (χ2n) is 7.91. The molecule has 2 aliphatic rings. The lowest BCUT2D eigenvalue weighted by molar-refractivity contribution is -0.142. The first-order chi connectivity index (χ1) is 14.0. The lowest BCUT2D eigenvalue weighted by Crippen LogP contribution is -2.63. The van der Waals surface area contributed by atoms with Gasteiger partial charge < -0.3 is 14.2 Å². The van der Waals surface area contributed by atoms with Crippen molar-refractivity contribution in [2.75, 3.05) is 7.11 Å². The summed E-state index contributed by atoms with van der Waals surface area (Å²) in [7, 11) is 1.61. The number of hydrogen-bond donors (Lipinski definition) is 0. The number of hydrogen-bond acceptors (Lipinski definition) is 6. The van der Waals surface area contributed by atoms with E-state index in [0.717, 1.165) is 37.0 Å². The Hall–Kier alpha value is -2.90. The zero-order valence-electron chi connectivity index (χ0n) is 17.0. The minimum atomic E-state index is -0.266. The Bertz CT molecular complexity index is 892. The number of benzene rings is 1. The van der Waals surface area contributed by atoms with Crippen molar-refractivity contribution >= 4 is 11.9 Å². The summed E-state index contributed by atoms with van der Waals surface area (Å²) in [6.45, 7) is 3.94. The molecule has 8 nitrogen and oxygen atoms in total. The molecule has 1 aromatic carbocycles. The molecule has 1 aromatic heterocycles. The number of imide groups is 1. The molecule has 0 bridgehead atoms. The van der Waals surface area contributed by atoms with Crippen LogP contribution in [-0.4, -0.2) is 51.1 Å². The quantitative estimate of drug-likeness (QED) is 0.766. The van der Waals surface area contributed by atoms with Crippen molar-refractivity contribution in [3.05, 3.63) is 30.2 Å². The number of methoxy groups -OCH3 is 1. The first-order valence-electron chi connectivity index (χ1n) is 10.1. The van der Waals surface area contributed by atoms with E-state index in [4.69, 9.17) is 9.26 Å².